The van der Waals surface area contributed by atoms with E-state index in [9.17, 15) is 0 Å². The van der Waals surface area contributed by atoms with Gasteiger partial charge in [-0.25, -0.2) is 0 Å². The van der Waals surface area contributed by atoms with Crippen molar-refractivity contribution in [1.29, 1.82) is 0 Å². The molecule has 2 fully saturated rings. The predicted octanol–water partition coefficient (Wildman–Crippen LogP) is 2.55. The van der Waals surface area contributed by atoms with E-state index in [1.807, 2.05) is 0 Å². The zero-order valence-corrected chi connectivity index (χ0v) is 9.99. The highest BCUT2D eigenvalue weighted by molar-refractivity contribution is 4.91. The van der Waals surface area contributed by atoms with Crippen LogP contribution in [0.4, 0.5) is 0 Å². The molecule has 0 amide bonds. The molecule has 3 heteroatoms. The molecule has 0 spiro atoms. The third-order valence-corrected chi connectivity index (χ3v) is 4.03. The highest BCUT2D eigenvalue weighted by atomic mass is 16.9. The normalized spacial score (nSPS) is 36.2. The van der Waals surface area contributed by atoms with E-state index in [0.29, 0.717) is 17.9 Å². The molecule has 0 radical (unpaired) electrons. The quantitative estimate of drug-likeness (QED) is 0.676. The van der Waals surface area contributed by atoms with Gasteiger partial charge in [-0.15, -0.1) is 0 Å². The Bertz CT molecular complexity index is 207. The average Bonchev–Trinajstić information content (AvgIpc) is 2.30. The highest BCUT2D eigenvalue weighted by Crippen LogP contribution is 2.46. The van der Waals surface area contributed by atoms with Crippen LogP contribution in [-0.2, 0) is 14.2 Å². The van der Waals surface area contributed by atoms with E-state index in [4.69, 9.17) is 14.2 Å². The van der Waals surface area contributed by atoms with E-state index in [-0.39, 0.29) is 0 Å². The van der Waals surface area contributed by atoms with Crippen molar-refractivity contribution in [1.82, 2.24) is 0 Å². The summed E-state index contributed by atoms with van der Waals surface area (Å²) in [6.07, 6.45) is 7.04. The standard InChI is InChI=1S/C12H22O3/c1-9-11(10-7-5-4-6-8-10)15-12(9,13-2)14-3/h9-11H,4-8H2,1-3H3. The molecule has 2 unspecified atom stereocenters. The number of ether oxygens (including phenoxy) is 3. The average molecular weight is 214 g/mol. The molecule has 1 aliphatic carbocycles. The molecule has 1 saturated carbocycles. The highest BCUT2D eigenvalue weighted by Gasteiger charge is 2.57. The maximum atomic E-state index is 5.83. The van der Waals surface area contributed by atoms with Crippen molar-refractivity contribution in [2.75, 3.05) is 14.2 Å². The molecule has 0 bridgehead atoms. The predicted molar refractivity (Wildman–Crippen MR) is 57.4 cm³/mol. The molecule has 2 atom stereocenters. The van der Waals surface area contributed by atoms with Crippen molar-refractivity contribution in [2.24, 2.45) is 11.8 Å². The van der Waals surface area contributed by atoms with Gasteiger partial charge in [0.05, 0.1) is 12.0 Å². The summed E-state index contributed by atoms with van der Waals surface area (Å²) in [5.41, 5.74) is 0. The van der Waals surface area contributed by atoms with E-state index < -0.39 is 5.97 Å². The number of hydrogen-bond donors (Lipinski definition) is 0. The summed E-state index contributed by atoms with van der Waals surface area (Å²) in [7, 11) is 3.30. The lowest BCUT2D eigenvalue weighted by atomic mass is 9.77. The fraction of sp³-hybridized carbons (Fsp3) is 1.00. The Morgan fingerprint density at radius 2 is 1.67 bits per heavy atom. The summed E-state index contributed by atoms with van der Waals surface area (Å²) in [4.78, 5) is 0. The summed E-state index contributed by atoms with van der Waals surface area (Å²) in [5.74, 6) is 0.296. The van der Waals surface area contributed by atoms with E-state index in [0.717, 1.165) is 0 Å². The van der Waals surface area contributed by atoms with Crippen LogP contribution in [0.1, 0.15) is 39.0 Å². The van der Waals surface area contributed by atoms with Crippen molar-refractivity contribution < 1.29 is 14.2 Å². The molecule has 2 rings (SSSR count). The van der Waals surface area contributed by atoms with Crippen LogP contribution in [0.15, 0.2) is 0 Å². The maximum Gasteiger partial charge on any atom is 0.287 e. The van der Waals surface area contributed by atoms with Gasteiger partial charge < -0.3 is 14.2 Å². The van der Waals surface area contributed by atoms with Crippen LogP contribution in [0.2, 0.25) is 0 Å². The van der Waals surface area contributed by atoms with Crippen molar-refractivity contribution in [3.05, 3.63) is 0 Å². The van der Waals surface area contributed by atoms with Gasteiger partial charge in [-0.3, -0.25) is 0 Å². The van der Waals surface area contributed by atoms with Crippen molar-refractivity contribution in [2.45, 2.75) is 51.1 Å². The second-order valence-corrected chi connectivity index (χ2v) is 4.78. The lowest BCUT2D eigenvalue weighted by Gasteiger charge is -2.53. The monoisotopic (exact) mass is 214 g/mol. The third-order valence-electron chi connectivity index (χ3n) is 4.03. The van der Waals surface area contributed by atoms with Crippen LogP contribution in [0.25, 0.3) is 0 Å². The van der Waals surface area contributed by atoms with Crippen molar-refractivity contribution in [3.63, 3.8) is 0 Å². The van der Waals surface area contributed by atoms with Crippen LogP contribution in [-0.4, -0.2) is 26.3 Å². The molecule has 1 saturated heterocycles. The Hall–Kier alpha value is -0.120. The molecule has 88 valence electrons. The van der Waals surface area contributed by atoms with E-state index in [1.165, 1.54) is 32.1 Å². The van der Waals surface area contributed by atoms with Crippen LogP contribution in [0.5, 0.6) is 0 Å². The SMILES string of the molecule is COC1(OC)OC(C2CCCCC2)C1C. The first kappa shape index (κ1) is 11.4. The Morgan fingerprint density at radius 1 is 1.07 bits per heavy atom. The first-order valence-electron chi connectivity index (χ1n) is 6.01. The van der Waals surface area contributed by atoms with Gasteiger partial charge in [-0.2, -0.15) is 0 Å². The van der Waals surface area contributed by atoms with E-state index >= 15 is 0 Å². The van der Waals surface area contributed by atoms with E-state index in [1.54, 1.807) is 14.2 Å². The van der Waals surface area contributed by atoms with Crippen LogP contribution >= 0.6 is 0 Å². The molecule has 15 heavy (non-hydrogen) atoms. The zero-order valence-electron chi connectivity index (χ0n) is 9.99. The molecule has 0 aromatic rings. The largest absolute Gasteiger partial charge is 0.331 e. The first-order chi connectivity index (χ1) is 7.23. The summed E-state index contributed by atoms with van der Waals surface area (Å²) < 4.78 is 16.5. The minimum absolute atomic E-state index is 0.338. The minimum atomic E-state index is -0.762. The Morgan fingerprint density at radius 3 is 2.13 bits per heavy atom. The fourth-order valence-electron chi connectivity index (χ4n) is 3.05. The molecule has 0 aromatic heterocycles. The van der Waals surface area contributed by atoms with Crippen LogP contribution in [0.3, 0.4) is 0 Å². The fourth-order valence-corrected chi connectivity index (χ4v) is 3.05. The smallest absolute Gasteiger partial charge is 0.287 e. The minimum Gasteiger partial charge on any atom is -0.331 e. The lowest BCUT2D eigenvalue weighted by molar-refractivity contribution is -0.484. The summed E-state index contributed by atoms with van der Waals surface area (Å²) in [5, 5.41) is 0. The third kappa shape index (κ3) is 1.81. The molecule has 1 heterocycles. The van der Waals surface area contributed by atoms with Gasteiger partial charge in [-0.05, 0) is 18.8 Å². The molecular weight excluding hydrogens is 192 g/mol. The first-order valence-corrected chi connectivity index (χ1v) is 6.01. The molecule has 2 aliphatic rings. The zero-order chi connectivity index (χ0) is 10.9. The lowest BCUT2D eigenvalue weighted by Crippen LogP contribution is -2.63. The summed E-state index contributed by atoms with van der Waals surface area (Å²) in [6.45, 7) is 2.16. The van der Waals surface area contributed by atoms with Gasteiger partial charge in [0.2, 0.25) is 0 Å². The van der Waals surface area contributed by atoms with Crippen molar-refractivity contribution in [3.8, 4) is 0 Å². The van der Waals surface area contributed by atoms with Gasteiger partial charge in [-0.1, -0.05) is 26.2 Å². The van der Waals surface area contributed by atoms with Crippen molar-refractivity contribution >= 4 is 0 Å². The Balaban J connectivity index is 1.92. The second kappa shape index (κ2) is 4.40. The summed E-state index contributed by atoms with van der Waals surface area (Å²) >= 11 is 0. The number of rotatable bonds is 3. The van der Waals surface area contributed by atoms with Gasteiger partial charge in [0.1, 0.15) is 0 Å². The maximum absolute atomic E-state index is 5.83. The van der Waals surface area contributed by atoms with Crippen LogP contribution < -0.4 is 0 Å². The molecular formula is C12H22O3. The van der Waals surface area contributed by atoms with E-state index in [2.05, 4.69) is 6.92 Å². The topological polar surface area (TPSA) is 27.7 Å². The number of hydrogen-bond acceptors (Lipinski definition) is 3. The second-order valence-electron chi connectivity index (χ2n) is 4.78. The summed E-state index contributed by atoms with van der Waals surface area (Å²) in [6, 6.07) is 0. The van der Waals surface area contributed by atoms with Gasteiger partial charge in [0.25, 0.3) is 5.97 Å². The Kier molecular flexibility index (Phi) is 3.33. The molecule has 3 nitrogen and oxygen atoms in total. The Labute approximate surface area is 92.1 Å². The van der Waals surface area contributed by atoms with Gasteiger partial charge in [0.15, 0.2) is 0 Å². The molecule has 1 aliphatic heterocycles. The van der Waals surface area contributed by atoms with Crippen LogP contribution in [0, 0.1) is 11.8 Å². The van der Waals surface area contributed by atoms with Gasteiger partial charge >= 0.3 is 0 Å². The van der Waals surface area contributed by atoms with Gasteiger partial charge in [0, 0.05) is 14.2 Å². The number of methoxy groups -OCH3 is 2. The molecule has 0 aromatic carbocycles. The molecule has 0 N–H and O–H groups in total.